The lowest BCUT2D eigenvalue weighted by Gasteiger charge is -2.15. The Kier molecular flexibility index (Phi) is 2.47. The Morgan fingerprint density at radius 1 is 1.35 bits per heavy atom. The number of hydrogen-bond acceptors (Lipinski definition) is 4. The van der Waals surface area contributed by atoms with Gasteiger partial charge in [-0.1, -0.05) is 18.7 Å². The van der Waals surface area contributed by atoms with Crippen LogP contribution in [0.4, 0.5) is 5.69 Å². The number of anilines is 1. The Balaban J connectivity index is 2.51. The maximum atomic E-state index is 11.6. The average Bonchev–Trinajstić information content (AvgIpc) is 2.51. The van der Waals surface area contributed by atoms with E-state index in [1.807, 2.05) is 4.72 Å². The summed E-state index contributed by atoms with van der Waals surface area (Å²) in [5.41, 5.74) is 0.705. The van der Waals surface area contributed by atoms with Crippen molar-refractivity contribution in [3.05, 3.63) is 42.4 Å². The molecular formula is C10H10N2O4S. The molecule has 1 aromatic carbocycles. The second kappa shape index (κ2) is 3.70. The fourth-order valence-electron chi connectivity index (χ4n) is 1.44. The topological polar surface area (TPSA) is 89.9 Å². The van der Waals surface area contributed by atoms with Gasteiger partial charge < -0.3 is 10.2 Å². The zero-order valence-electron chi connectivity index (χ0n) is 8.66. The van der Waals surface area contributed by atoms with Crippen LogP contribution >= 0.6 is 0 Å². The number of phenolic OH excluding ortho intramolecular Hbond substituents is 1. The van der Waals surface area contributed by atoms with Gasteiger partial charge in [-0.2, -0.15) is 8.42 Å². The number of aliphatic hydroxyl groups is 1. The van der Waals surface area contributed by atoms with E-state index >= 15 is 0 Å². The Morgan fingerprint density at radius 2 is 2.06 bits per heavy atom. The first-order valence-electron chi connectivity index (χ1n) is 4.62. The molecule has 2 rings (SSSR count). The van der Waals surface area contributed by atoms with Gasteiger partial charge in [0.2, 0.25) is 5.88 Å². The van der Waals surface area contributed by atoms with Crippen LogP contribution in [0.25, 0.3) is 6.08 Å². The van der Waals surface area contributed by atoms with Crippen LogP contribution in [0, 0.1) is 0 Å². The first-order valence-corrected chi connectivity index (χ1v) is 6.06. The monoisotopic (exact) mass is 254 g/mol. The molecule has 0 saturated heterocycles. The van der Waals surface area contributed by atoms with Gasteiger partial charge in [0.15, 0.2) is 0 Å². The van der Waals surface area contributed by atoms with Gasteiger partial charge in [-0.15, -0.1) is 0 Å². The molecule has 0 fully saturated rings. The van der Waals surface area contributed by atoms with Crippen LogP contribution in [0.2, 0.25) is 0 Å². The second-order valence-corrected chi connectivity index (χ2v) is 4.92. The fourth-order valence-corrected chi connectivity index (χ4v) is 2.51. The van der Waals surface area contributed by atoms with Gasteiger partial charge >= 0.3 is 10.2 Å². The minimum absolute atomic E-state index is 0.0483. The van der Waals surface area contributed by atoms with Gasteiger partial charge in [-0.05, 0) is 17.7 Å². The zero-order valence-corrected chi connectivity index (χ0v) is 9.48. The summed E-state index contributed by atoms with van der Waals surface area (Å²) in [4.78, 5) is 0. The summed E-state index contributed by atoms with van der Waals surface area (Å²) in [6, 6.07) is 4.39. The van der Waals surface area contributed by atoms with Crippen molar-refractivity contribution in [2.45, 2.75) is 0 Å². The molecule has 1 heterocycles. The highest BCUT2D eigenvalue weighted by atomic mass is 32.2. The van der Waals surface area contributed by atoms with Crippen LogP contribution < -0.4 is 9.03 Å². The number of rotatable bonds is 2. The maximum Gasteiger partial charge on any atom is 0.330 e. The highest BCUT2D eigenvalue weighted by Crippen LogP contribution is 2.32. The molecule has 0 unspecified atom stereocenters. The summed E-state index contributed by atoms with van der Waals surface area (Å²) in [6.07, 6.45) is 2.49. The fraction of sp³-hybridized carbons (Fsp3) is 0. The molecule has 1 aliphatic rings. The zero-order chi connectivity index (χ0) is 12.6. The van der Waals surface area contributed by atoms with Gasteiger partial charge in [0.05, 0.1) is 6.20 Å². The first-order chi connectivity index (χ1) is 7.94. The van der Waals surface area contributed by atoms with Gasteiger partial charge in [-0.25, -0.2) is 9.03 Å². The summed E-state index contributed by atoms with van der Waals surface area (Å²) < 4.78 is 25.7. The van der Waals surface area contributed by atoms with E-state index in [1.54, 1.807) is 6.07 Å². The summed E-state index contributed by atoms with van der Waals surface area (Å²) in [7, 11) is -3.88. The molecule has 0 bridgehead atoms. The van der Waals surface area contributed by atoms with E-state index in [1.165, 1.54) is 18.2 Å². The molecule has 90 valence electrons. The van der Waals surface area contributed by atoms with Crippen LogP contribution in [0.3, 0.4) is 0 Å². The molecule has 0 radical (unpaired) electrons. The average molecular weight is 254 g/mol. The molecule has 1 aliphatic heterocycles. The minimum Gasteiger partial charge on any atom is -0.506 e. The number of aromatic hydroxyl groups is 1. The lowest BCUT2D eigenvalue weighted by Crippen LogP contribution is -2.29. The summed E-state index contributed by atoms with van der Waals surface area (Å²) >= 11 is 0. The Morgan fingerprint density at radius 3 is 2.53 bits per heavy atom. The molecule has 3 N–H and O–H groups in total. The predicted octanol–water partition coefficient (Wildman–Crippen LogP) is 1.05. The summed E-state index contributed by atoms with van der Waals surface area (Å²) in [5.74, 6) is -0.726. The van der Waals surface area contributed by atoms with Crippen LogP contribution in [-0.2, 0) is 10.2 Å². The Bertz CT molecular complexity index is 607. The van der Waals surface area contributed by atoms with E-state index < -0.39 is 16.1 Å². The van der Waals surface area contributed by atoms with Crippen molar-refractivity contribution in [1.82, 2.24) is 4.72 Å². The molecule has 0 aromatic heterocycles. The van der Waals surface area contributed by atoms with Crippen molar-refractivity contribution >= 4 is 22.0 Å². The third-order valence-electron chi connectivity index (χ3n) is 2.20. The SMILES string of the molecule is C=Cc1ccc(N2C=C(O)NS2(=O)=O)c(O)c1. The van der Waals surface area contributed by atoms with Crippen molar-refractivity contribution in [3.63, 3.8) is 0 Å². The lowest BCUT2D eigenvalue weighted by atomic mass is 10.2. The van der Waals surface area contributed by atoms with Gasteiger partial charge in [0.25, 0.3) is 0 Å². The van der Waals surface area contributed by atoms with E-state index in [0.717, 1.165) is 10.5 Å². The summed E-state index contributed by atoms with van der Waals surface area (Å²) in [6.45, 7) is 3.53. The Labute approximate surface area is 98.3 Å². The largest absolute Gasteiger partial charge is 0.506 e. The van der Waals surface area contributed by atoms with Gasteiger partial charge in [-0.3, -0.25) is 0 Å². The molecule has 7 heteroatoms. The number of nitrogens with zero attached hydrogens (tertiary/aromatic N) is 1. The molecule has 0 amide bonds. The number of phenols is 1. The smallest absolute Gasteiger partial charge is 0.330 e. The number of nitrogens with one attached hydrogen (secondary N) is 1. The number of benzene rings is 1. The van der Waals surface area contributed by atoms with E-state index in [0.29, 0.717) is 5.56 Å². The van der Waals surface area contributed by atoms with E-state index in [4.69, 9.17) is 5.11 Å². The molecule has 0 spiro atoms. The first kappa shape index (κ1) is 11.3. The van der Waals surface area contributed by atoms with E-state index in [-0.39, 0.29) is 11.4 Å². The van der Waals surface area contributed by atoms with Crippen LogP contribution in [-0.4, -0.2) is 18.6 Å². The molecular weight excluding hydrogens is 244 g/mol. The molecule has 1 aromatic rings. The maximum absolute atomic E-state index is 11.6. The van der Waals surface area contributed by atoms with Crippen molar-refractivity contribution in [1.29, 1.82) is 0 Å². The minimum atomic E-state index is -3.88. The van der Waals surface area contributed by atoms with Crippen molar-refractivity contribution in [2.75, 3.05) is 4.31 Å². The third-order valence-corrected chi connectivity index (χ3v) is 3.49. The number of hydrogen-bond donors (Lipinski definition) is 3. The molecule has 0 aliphatic carbocycles. The standard InChI is InChI=1S/C10H10N2O4S/c1-2-7-3-4-8(9(13)5-7)12-6-10(14)11-17(12,15)16/h2-6,11,13-14H,1H2. The Hall–Kier alpha value is -2.15. The van der Waals surface area contributed by atoms with Crippen LogP contribution in [0.1, 0.15) is 5.56 Å². The normalized spacial score (nSPS) is 17.4. The lowest BCUT2D eigenvalue weighted by molar-refractivity contribution is 0.392. The molecule has 0 atom stereocenters. The highest BCUT2D eigenvalue weighted by Gasteiger charge is 2.30. The predicted molar refractivity (Wildman–Crippen MR) is 63.4 cm³/mol. The molecule has 17 heavy (non-hydrogen) atoms. The van der Waals surface area contributed by atoms with E-state index in [9.17, 15) is 13.5 Å². The molecule has 6 nitrogen and oxygen atoms in total. The third kappa shape index (κ3) is 1.92. The van der Waals surface area contributed by atoms with Crippen molar-refractivity contribution < 1.29 is 18.6 Å². The van der Waals surface area contributed by atoms with Crippen molar-refractivity contribution in [2.24, 2.45) is 0 Å². The van der Waals surface area contributed by atoms with E-state index in [2.05, 4.69) is 6.58 Å². The van der Waals surface area contributed by atoms with Crippen LogP contribution in [0.15, 0.2) is 36.9 Å². The summed E-state index contributed by atoms with van der Waals surface area (Å²) in [5, 5.41) is 18.8. The molecule has 0 saturated carbocycles. The highest BCUT2D eigenvalue weighted by molar-refractivity contribution is 7.91. The van der Waals surface area contributed by atoms with Gasteiger partial charge in [0, 0.05) is 0 Å². The van der Waals surface area contributed by atoms with Gasteiger partial charge in [0.1, 0.15) is 11.4 Å². The number of aliphatic hydroxyl groups excluding tert-OH is 1. The quantitative estimate of drug-likeness (QED) is 0.735. The van der Waals surface area contributed by atoms with Crippen LogP contribution in [0.5, 0.6) is 5.75 Å². The second-order valence-electron chi connectivity index (χ2n) is 3.37. The van der Waals surface area contributed by atoms with Crippen molar-refractivity contribution in [3.8, 4) is 5.75 Å².